The van der Waals surface area contributed by atoms with E-state index in [4.69, 9.17) is 0 Å². The third kappa shape index (κ3) is 4.21. The first-order valence-corrected chi connectivity index (χ1v) is 9.26. The van der Waals surface area contributed by atoms with Gasteiger partial charge in [-0.1, -0.05) is 38.5 Å². The molecule has 1 saturated heterocycles. The Labute approximate surface area is 154 Å². The van der Waals surface area contributed by atoms with Crippen molar-refractivity contribution in [2.24, 2.45) is 5.41 Å². The first-order chi connectivity index (χ1) is 12.4. The van der Waals surface area contributed by atoms with Gasteiger partial charge in [-0.3, -0.25) is 14.5 Å². The molecule has 0 aliphatic carbocycles. The molecule has 1 N–H and O–H groups in total. The SMILES string of the molecule is CC1(C)CC(=O)N(CCCCCc2ccc3cccc(O)c3n2)C(=O)C1. The highest BCUT2D eigenvalue weighted by Crippen LogP contribution is 2.31. The number of pyridine rings is 1. The molecule has 1 aliphatic rings. The molecule has 2 amide bonds. The molecule has 1 fully saturated rings. The topological polar surface area (TPSA) is 70.5 Å². The zero-order valence-corrected chi connectivity index (χ0v) is 15.5. The number of phenols is 1. The number of likely N-dealkylation sites (tertiary alicyclic amines) is 1. The van der Waals surface area contributed by atoms with Crippen LogP contribution in [0.3, 0.4) is 0 Å². The summed E-state index contributed by atoms with van der Waals surface area (Å²) in [5.41, 5.74) is 1.38. The quantitative estimate of drug-likeness (QED) is 0.632. The van der Waals surface area contributed by atoms with Gasteiger partial charge in [0.05, 0.1) is 0 Å². The second-order valence-electron chi connectivity index (χ2n) is 7.92. The molecule has 138 valence electrons. The molecule has 0 spiro atoms. The lowest BCUT2D eigenvalue weighted by atomic mass is 9.81. The average molecular weight is 354 g/mol. The van der Waals surface area contributed by atoms with E-state index in [1.807, 2.05) is 38.1 Å². The first-order valence-electron chi connectivity index (χ1n) is 9.26. The Morgan fingerprint density at radius 2 is 1.77 bits per heavy atom. The van der Waals surface area contributed by atoms with Gasteiger partial charge in [0.15, 0.2) is 0 Å². The van der Waals surface area contributed by atoms with E-state index in [1.54, 1.807) is 6.07 Å². The number of fused-ring (bicyclic) bond motifs is 1. The summed E-state index contributed by atoms with van der Waals surface area (Å²) in [5.74, 6) is 0.116. The molecule has 0 saturated carbocycles. The smallest absolute Gasteiger partial charge is 0.229 e. The predicted molar refractivity (Wildman–Crippen MR) is 101 cm³/mol. The summed E-state index contributed by atoms with van der Waals surface area (Å²) in [7, 11) is 0. The fourth-order valence-electron chi connectivity index (χ4n) is 3.52. The van der Waals surface area contributed by atoms with E-state index in [0.717, 1.165) is 36.8 Å². The fourth-order valence-corrected chi connectivity index (χ4v) is 3.52. The van der Waals surface area contributed by atoms with Gasteiger partial charge in [0.1, 0.15) is 11.3 Å². The van der Waals surface area contributed by atoms with Crippen molar-refractivity contribution in [2.45, 2.75) is 52.4 Å². The number of hydrogen-bond acceptors (Lipinski definition) is 4. The molecule has 2 heterocycles. The number of hydrogen-bond donors (Lipinski definition) is 1. The van der Waals surface area contributed by atoms with Crippen LogP contribution in [0.2, 0.25) is 0 Å². The van der Waals surface area contributed by atoms with E-state index in [2.05, 4.69) is 4.98 Å². The average Bonchev–Trinajstić information content (AvgIpc) is 2.56. The third-order valence-electron chi connectivity index (χ3n) is 4.93. The minimum atomic E-state index is -0.210. The molecular weight excluding hydrogens is 328 g/mol. The molecule has 1 aromatic heterocycles. The Hall–Kier alpha value is -2.43. The minimum Gasteiger partial charge on any atom is -0.506 e. The van der Waals surface area contributed by atoms with E-state index >= 15 is 0 Å². The summed E-state index contributed by atoms with van der Waals surface area (Å²) in [6.45, 7) is 4.45. The number of para-hydroxylation sites is 1. The van der Waals surface area contributed by atoms with Crippen molar-refractivity contribution >= 4 is 22.7 Å². The van der Waals surface area contributed by atoms with Crippen LogP contribution in [0.1, 0.15) is 51.6 Å². The number of phenolic OH excluding ortho intramolecular Hbond substituents is 1. The maximum atomic E-state index is 12.1. The second-order valence-corrected chi connectivity index (χ2v) is 7.92. The number of carbonyl (C=O) groups is 2. The highest BCUT2D eigenvalue weighted by atomic mass is 16.3. The minimum absolute atomic E-state index is 0.0436. The van der Waals surface area contributed by atoms with Crippen LogP contribution in [-0.4, -0.2) is 33.3 Å². The Balaban J connectivity index is 1.47. The van der Waals surface area contributed by atoms with Crippen molar-refractivity contribution in [2.75, 3.05) is 6.54 Å². The molecule has 5 heteroatoms. The summed E-state index contributed by atoms with van der Waals surface area (Å²) in [5, 5.41) is 10.8. The molecule has 0 atom stereocenters. The Morgan fingerprint density at radius 3 is 2.50 bits per heavy atom. The maximum absolute atomic E-state index is 12.1. The molecule has 3 rings (SSSR count). The monoisotopic (exact) mass is 354 g/mol. The number of imide groups is 1. The van der Waals surface area contributed by atoms with Gasteiger partial charge < -0.3 is 5.11 Å². The van der Waals surface area contributed by atoms with E-state index in [9.17, 15) is 14.7 Å². The highest BCUT2D eigenvalue weighted by molar-refractivity contribution is 5.98. The van der Waals surface area contributed by atoms with Crippen LogP contribution in [-0.2, 0) is 16.0 Å². The molecule has 5 nitrogen and oxygen atoms in total. The number of rotatable bonds is 6. The molecule has 2 aromatic rings. The van der Waals surface area contributed by atoms with Crippen molar-refractivity contribution in [3.63, 3.8) is 0 Å². The Kier molecular flexibility index (Phi) is 5.25. The number of aromatic hydroxyl groups is 1. The van der Waals surface area contributed by atoms with Crippen molar-refractivity contribution in [1.29, 1.82) is 0 Å². The van der Waals surface area contributed by atoms with Crippen LogP contribution in [0.25, 0.3) is 10.9 Å². The second kappa shape index (κ2) is 7.44. The summed E-state index contributed by atoms with van der Waals surface area (Å²) in [6.07, 6.45) is 4.40. The van der Waals surface area contributed by atoms with Crippen LogP contribution in [0.4, 0.5) is 0 Å². The van der Waals surface area contributed by atoms with Gasteiger partial charge in [0.25, 0.3) is 0 Å². The molecule has 0 radical (unpaired) electrons. The lowest BCUT2D eigenvalue weighted by Gasteiger charge is -2.34. The van der Waals surface area contributed by atoms with E-state index in [1.165, 1.54) is 4.90 Å². The number of carbonyl (C=O) groups excluding carboxylic acids is 2. The van der Waals surface area contributed by atoms with Crippen LogP contribution < -0.4 is 0 Å². The zero-order valence-electron chi connectivity index (χ0n) is 15.5. The van der Waals surface area contributed by atoms with Gasteiger partial charge in [-0.15, -0.1) is 0 Å². The molecule has 1 aliphatic heterocycles. The molecular formula is C21H26N2O3. The number of aryl methyl sites for hydroxylation is 1. The molecule has 26 heavy (non-hydrogen) atoms. The van der Waals surface area contributed by atoms with Crippen molar-refractivity contribution in [1.82, 2.24) is 9.88 Å². The van der Waals surface area contributed by atoms with Gasteiger partial charge in [0.2, 0.25) is 11.8 Å². The van der Waals surface area contributed by atoms with E-state index in [-0.39, 0.29) is 23.0 Å². The lowest BCUT2D eigenvalue weighted by molar-refractivity contribution is -0.152. The molecule has 0 unspecified atom stereocenters. The lowest BCUT2D eigenvalue weighted by Crippen LogP contribution is -2.46. The van der Waals surface area contributed by atoms with E-state index in [0.29, 0.717) is 24.9 Å². The number of aromatic nitrogens is 1. The third-order valence-corrected chi connectivity index (χ3v) is 4.93. The molecule has 0 bridgehead atoms. The first kappa shape index (κ1) is 18.4. The number of nitrogens with zero attached hydrogens (tertiary/aromatic N) is 2. The van der Waals surface area contributed by atoms with Crippen molar-refractivity contribution in [3.8, 4) is 5.75 Å². The summed E-state index contributed by atoms with van der Waals surface area (Å²) >= 11 is 0. The van der Waals surface area contributed by atoms with Gasteiger partial charge in [-0.2, -0.15) is 0 Å². The summed E-state index contributed by atoms with van der Waals surface area (Å²) < 4.78 is 0. The van der Waals surface area contributed by atoms with Crippen LogP contribution in [0, 0.1) is 5.41 Å². The molecule has 1 aromatic carbocycles. The highest BCUT2D eigenvalue weighted by Gasteiger charge is 2.36. The fraction of sp³-hybridized carbons (Fsp3) is 0.476. The number of benzene rings is 1. The Morgan fingerprint density at radius 1 is 1.04 bits per heavy atom. The van der Waals surface area contributed by atoms with Crippen LogP contribution in [0.5, 0.6) is 5.75 Å². The predicted octanol–water partition coefficient (Wildman–Crippen LogP) is 3.83. The Bertz CT molecular complexity index is 809. The van der Waals surface area contributed by atoms with E-state index < -0.39 is 0 Å². The maximum Gasteiger partial charge on any atom is 0.229 e. The summed E-state index contributed by atoms with van der Waals surface area (Å²) in [4.78, 5) is 30.2. The van der Waals surface area contributed by atoms with Crippen LogP contribution >= 0.6 is 0 Å². The normalized spacial score (nSPS) is 17.1. The summed E-state index contributed by atoms with van der Waals surface area (Å²) in [6, 6.07) is 9.35. The standard InChI is InChI=1S/C21H26N2O3/c1-21(2)13-18(25)23(19(26)14-21)12-5-3-4-8-16-11-10-15-7-6-9-17(24)20(15)22-16/h6-7,9-11,24H,3-5,8,12-14H2,1-2H3. The van der Waals surface area contributed by atoms with Gasteiger partial charge in [0, 0.05) is 30.5 Å². The zero-order chi connectivity index (χ0) is 18.7. The van der Waals surface area contributed by atoms with Gasteiger partial charge >= 0.3 is 0 Å². The van der Waals surface area contributed by atoms with Crippen molar-refractivity contribution < 1.29 is 14.7 Å². The van der Waals surface area contributed by atoms with Gasteiger partial charge in [-0.05, 0) is 36.8 Å². The number of amides is 2. The van der Waals surface area contributed by atoms with Gasteiger partial charge in [-0.25, -0.2) is 4.98 Å². The number of unbranched alkanes of at least 4 members (excludes halogenated alkanes) is 2. The number of piperidine rings is 1. The largest absolute Gasteiger partial charge is 0.506 e. The van der Waals surface area contributed by atoms with Crippen molar-refractivity contribution in [3.05, 3.63) is 36.0 Å². The van der Waals surface area contributed by atoms with Crippen LogP contribution in [0.15, 0.2) is 30.3 Å².